The number of benzene rings is 2. The van der Waals surface area contributed by atoms with Crippen molar-refractivity contribution in [3.63, 3.8) is 0 Å². The molecule has 4 rings (SSSR count). The monoisotopic (exact) mass is 516 g/mol. The first-order valence-corrected chi connectivity index (χ1v) is 11.8. The van der Waals surface area contributed by atoms with Crippen LogP contribution < -0.4 is 24.2 Å². The Morgan fingerprint density at radius 1 is 1.06 bits per heavy atom. The predicted molar refractivity (Wildman–Crippen MR) is 126 cm³/mol. The first-order chi connectivity index (χ1) is 16.7. The lowest BCUT2D eigenvalue weighted by molar-refractivity contribution is -0.114. The van der Waals surface area contributed by atoms with Crippen LogP contribution in [0, 0.1) is 5.92 Å². The molecule has 1 aromatic heterocycles. The number of nitrogens with zero attached hydrogens (tertiary/aromatic N) is 2. The van der Waals surface area contributed by atoms with E-state index in [1.54, 1.807) is 0 Å². The molecule has 10 nitrogen and oxygen atoms in total. The zero-order valence-electron chi connectivity index (χ0n) is 18.7. The third kappa shape index (κ3) is 3.82. The molecule has 181 valence electrons. The van der Waals surface area contributed by atoms with E-state index in [1.165, 1.54) is 70.0 Å². The number of nitrogens with two attached hydrogens (primary N) is 1. The van der Waals surface area contributed by atoms with Gasteiger partial charge in [-0.05, 0) is 30.3 Å². The number of amides is 2. The number of methoxy groups -OCH3 is 3. The molecule has 35 heavy (non-hydrogen) atoms. The summed E-state index contributed by atoms with van der Waals surface area (Å²) in [6.07, 6.45) is 1.44. The molecule has 0 bridgehead atoms. The first-order valence-electron chi connectivity index (χ1n) is 9.98. The second-order valence-electron chi connectivity index (χ2n) is 7.21. The molecule has 0 unspecified atom stereocenters. The Hall–Kier alpha value is -3.83. The van der Waals surface area contributed by atoms with Gasteiger partial charge in [-0.25, -0.2) is 17.7 Å². The van der Waals surface area contributed by atoms with Gasteiger partial charge in [0.1, 0.15) is 22.3 Å². The molecule has 2 amide bonds. The summed E-state index contributed by atoms with van der Waals surface area (Å²) < 4.78 is 44.0. The molecule has 3 aromatic rings. The Bertz CT molecular complexity index is 1460. The van der Waals surface area contributed by atoms with E-state index in [9.17, 15) is 18.0 Å². The van der Waals surface area contributed by atoms with Crippen molar-refractivity contribution in [3.8, 4) is 17.4 Å². The minimum Gasteiger partial charge on any atom is -0.497 e. The van der Waals surface area contributed by atoms with Crippen molar-refractivity contribution < 1.29 is 32.2 Å². The normalized spacial score (nSPS) is 13.5. The third-order valence-corrected chi connectivity index (χ3v) is 7.42. The van der Waals surface area contributed by atoms with E-state index >= 15 is 0 Å². The number of sulfonamides is 1. The summed E-state index contributed by atoms with van der Waals surface area (Å²) in [6, 6.07) is 9.72. The van der Waals surface area contributed by atoms with Gasteiger partial charge in [0.05, 0.1) is 37.6 Å². The Morgan fingerprint density at radius 3 is 2.43 bits per heavy atom. The van der Waals surface area contributed by atoms with E-state index in [0.29, 0.717) is 10.1 Å². The summed E-state index contributed by atoms with van der Waals surface area (Å²) in [5, 5.41) is -0.0503. The van der Waals surface area contributed by atoms with E-state index in [-0.39, 0.29) is 49.8 Å². The molecule has 0 saturated heterocycles. The highest BCUT2D eigenvalue weighted by atomic mass is 35.5. The number of hydrogen-bond donors (Lipinski definition) is 1. The maximum Gasteiger partial charge on any atom is 0.274 e. The fourth-order valence-electron chi connectivity index (χ4n) is 3.87. The van der Waals surface area contributed by atoms with Gasteiger partial charge in [-0.3, -0.25) is 9.59 Å². The Balaban J connectivity index is 2.03. The summed E-state index contributed by atoms with van der Waals surface area (Å²) in [7, 11) is -0.509. The summed E-state index contributed by atoms with van der Waals surface area (Å²) in [6.45, 7) is 0. The molecule has 2 heterocycles. The van der Waals surface area contributed by atoms with Crippen molar-refractivity contribution in [2.45, 2.75) is 4.90 Å². The highest BCUT2D eigenvalue weighted by Crippen LogP contribution is 2.48. The van der Waals surface area contributed by atoms with Crippen LogP contribution >= 0.6 is 11.6 Å². The molecule has 2 N–H and O–H groups in total. The lowest BCUT2D eigenvalue weighted by atomic mass is 9.89. The van der Waals surface area contributed by atoms with Crippen molar-refractivity contribution in [1.82, 2.24) is 4.98 Å². The third-order valence-electron chi connectivity index (χ3n) is 5.37. The van der Waals surface area contributed by atoms with Crippen LogP contribution in [0.4, 0.5) is 5.69 Å². The average molecular weight is 517 g/mol. The van der Waals surface area contributed by atoms with Crippen molar-refractivity contribution in [3.05, 3.63) is 76.3 Å². The van der Waals surface area contributed by atoms with Crippen LogP contribution in [0.1, 0.15) is 21.5 Å². The van der Waals surface area contributed by atoms with Gasteiger partial charge in [0.15, 0.2) is 0 Å². The molecule has 0 aliphatic carbocycles. The van der Waals surface area contributed by atoms with Gasteiger partial charge in [0, 0.05) is 23.4 Å². The SMILES string of the molecule is COc1ccc(S(=O)(=O)N2C(=O)[C](c3cccnc3OC)c3c2ccc(Cl)c3C(N)=O)c(OC)c1. The number of anilines is 1. The van der Waals surface area contributed by atoms with Gasteiger partial charge in [0.2, 0.25) is 5.88 Å². The Morgan fingerprint density at radius 2 is 1.80 bits per heavy atom. The summed E-state index contributed by atoms with van der Waals surface area (Å²) in [5.41, 5.74) is 5.39. The molecule has 12 heteroatoms. The fourth-order valence-corrected chi connectivity index (χ4v) is 5.67. The van der Waals surface area contributed by atoms with E-state index in [4.69, 9.17) is 31.5 Å². The number of halogens is 1. The van der Waals surface area contributed by atoms with Gasteiger partial charge in [0.25, 0.3) is 21.8 Å². The van der Waals surface area contributed by atoms with Crippen molar-refractivity contribution in [1.29, 1.82) is 0 Å². The molecule has 0 fully saturated rings. The van der Waals surface area contributed by atoms with Gasteiger partial charge in [-0.1, -0.05) is 17.7 Å². The van der Waals surface area contributed by atoms with Crippen LogP contribution in [0.25, 0.3) is 0 Å². The van der Waals surface area contributed by atoms with E-state index in [0.717, 1.165) is 0 Å². The van der Waals surface area contributed by atoms with Crippen LogP contribution in [0.5, 0.6) is 17.4 Å². The number of carbonyl (C=O) groups is 2. The number of hydrogen-bond acceptors (Lipinski definition) is 8. The Labute approximate surface area is 206 Å². The number of ether oxygens (including phenoxy) is 3. The molecule has 2 aromatic carbocycles. The van der Waals surface area contributed by atoms with Crippen molar-refractivity contribution >= 4 is 39.1 Å². The standard InChI is InChI=1S/C23H19ClN3O7S/c1-32-12-6-9-17(16(11-12)33-2)35(30,31)27-15-8-7-14(24)19(21(25)28)20(15)18(23(27)29)13-5-4-10-26-22(13)34-3/h4-11H,1-3H3,(H2,25,28). The summed E-state index contributed by atoms with van der Waals surface area (Å²) in [5.74, 6) is -1.70. The molecule has 0 atom stereocenters. The van der Waals surface area contributed by atoms with E-state index in [1.807, 2.05) is 0 Å². The first kappa shape index (κ1) is 24.3. The second kappa shape index (κ2) is 9.08. The quantitative estimate of drug-likeness (QED) is 0.505. The van der Waals surface area contributed by atoms with Gasteiger partial charge >= 0.3 is 0 Å². The molecule has 0 spiro atoms. The smallest absolute Gasteiger partial charge is 0.274 e. The minimum absolute atomic E-state index is 0.0403. The van der Waals surface area contributed by atoms with Crippen LogP contribution in [0.15, 0.2) is 53.6 Å². The molecule has 1 aliphatic heterocycles. The number of carbonyl (C=O) groups excluding carboxylic acids is 2. The van der Waals surface area contributed by atoms with Crippen LogP contribution in [-0.2, 0) is 14.8 Å². The average Bonchev–Trinajstić information content (AvgIpc) is 3.15. The van der Waals surface area contributed by atoms with E-state index < -0.39 is 21.8 Å². The molecule has 0 saturated carbocycles. The topological polar surface area (TPSA) is 138 Å². The highest BCUT2D eigenvalue weighted by molar-refractivity contribution is 7.93. The van der Waals surface area contributed by atoms with Crippen LogP contribution in [-0.4, -0.2) is 46.5 Å². The molecular formula is C23H19ClN3O7S. The van der Waals surface area contributed by atoms with Crippen LogP contribution in [0.3, 0.4) is 0 Å². The second-order valence-corrected chi connectivity index (χ2v) is 9.37. The Kier molecular flexibility index (Phi) is 6.30. The van der Waals surface area contributed by atoms with Crippen molar-refractivity contribution in [2.75, 3.05) is 25.6 Å². The predicted octanol–water partition coefficient (Wildman–Crippen LogP) is 2.57. The molecule has 1 radical (unpaired) electrons. The van der Waals surface area contributed by atoms with Crippen molar-refractivity contribution in [2.24, 2.45) is 5.73 Å². The highest BCUT2D eigenvalue weighted by Gasteiger charge is 2.49. The minimum atomic E-state index is -4.56. The number of aromatic nitrogens is 1. The maximum absolute atomic E-state index is 13.9. The largest absolute Gasteiger partial charge is 0.497 e. The van der Waals surface area contributed by atoms with E-state index in [2.05, 4.69) is 4.98 Å². The maximum atomic E-state index is 13.9. The zero-order chi connectivity index (χ0) is 25.5. The summed E-state index contributed by atoms with van der Waals surface area (Å²) in [4.78, 5) is 30.0. The number of primary amides is 1. The van der Waals surface area contributed by atoms with Crippen LogP contribution in [0.2, 0.25) is 5.02 Å². The van der Waals surface area contributed by atoms with Gasteiger partial charge < -0.3 is 19.9 Å². The lowest BCUT2D eigenvalue weighted by Gasteiger charge is -2.20. The fraction of sp³-hybridized carbons (Fsp3) is 0.130. The molecular weight excluding hydrogens is 498 g/mol. The lowest BCUT2D eigenvalue weighted by Crippen LogP contribution is -2.36. The molecule has 1 aliphatic rings. The zero-order valence-corrected chi connectivity index (χ0v) is 20.3. The van der Waals surface area contributed by atoms with Gasteiger partial charge in [-0.15, -0.1) is 0 Å². The van der Waals surface area contributed by atoms with Gasteiger partial charge in [-0.2, -0.15) is 0 Å². The number of pyridine rings is 1. The summed E-state index contributed by atoms with van der Waals surface area (Å²) >= 11 is 6.26. The number of rotatable bonds is 7. The number of fused-ring (bicyclic) bond motifs is 1.